The number of aromatic nitrogens is 1. The van der Waals surface area contributed by atoms with Crippen LogP contribution in [0.25, 0.3) is 10.8 Å². The van der Waals surface area contributed by atoms with Gasteiger partial charge in [0.2, 0.25) is 5.91 Å². The highest BCUT2D eigenvalue weighted by molar-refractivity contribution is 7.87. The molecule has 0 unspecified atom stereocenters. The molecular weight excluding hydrogens is 604 g/mol. The lowest BCUT2D eigenvalue weighted by Crippen LogP contribution is -2.56. The van der Waals surface area contributed by atoms with Crippen molar-refractivity contribution in [3.63, 3.8) is 0 Å². The van der Waals surface area contributed by atoms with Crippen molar-refractivity contribution in [1.82, 2.24) is 14.8 Å². The Kier molecular flexibility index (Phi) is 9.52. The summed E-state index contributed by atoms with van der Waals surface area (Å²) in [4.78, 5) is 36.6. The number of aryl methyl sites for hydroxylation is 1. The van der Waals surface area contributed by atoms with Gasteiger partial charge < -0.3 is 18.7 Å². The topological polar surface area (TPSA) is 109 Å². The van der Waals surface area contributed by atoms with Gasteiger partial charge in [-0.2, -0.15) is 8.42 Å². The maximum atomic E-state index is 14.0. The second-order valence-corrected chi connectivity index (χ2v) is 14.0. The first kappa shape index (κ1) is 32.7. The highest BCUT2D eigenvalue weighted by atomic mass is 32.2. The number of amides is 2. The first-order chi connectivity index (χ1) is 21.8. The van der Waals surface area contributed by atoms with Crippen LogP contribution in [0.5, 0.6) is 5.75 Å². The number of rotatable bonds is 8. The third-order valence-electron chi connectivity index (χ3n) is 7.89. The zero-order chi connectivity index (χ0) is 33.1. The average Bonchev–Trinajstić information content (AvgIpc) is 3.03. The first-order valence-electron chi connectivity index (χ1n) is 15.2. The number of ether oxygens (including phenoxy) is 1. The Morgan fingerprint density at radius 1 is 0.935 bits per heavy atom. The fourth-order valence-corrected chi connectivity index (χ4v) is 6.54. The summed E-state index contributed by atoms with van der Waals surface area (Å²) in [5.74, 6) is -0.0457. The van der Waals surface area contributed by atoms with Crippen LogP contribution in [0.2, 0.25) is 0 Å². The van der Waals surface area contributed by atoms with E-state index in [0.29, 0.717) is 37.0 Å². The number of carbonyl (C=O) groups is 2. The van der Waals surface area contributed by atoms with E-state index in [2.05, 4.69) is 41.1 Å². The summed E-state index contributed by atoms with van der Waals surface area (Å²) in [5, 5.41) is 1.20. The Morgan fingerprint density at radius 2 is 1.61 bits per heavy atom. The van der Waals surface area contributed by atoms with Crippen molar-refractivity contribution in [2.24, 2.45) is 0 Å². The lowest BCUT2D eigenvalue weighted by atomic mass is 10.0. The Bertz CT molecular complexity index is 1790. The Balaban J connectivity index is 1.31. The van der Waals surface area contributed by atoms with E-state index in [0.717, 1.165) is 11.3 Å². The second-order valence-electron chi connectivity index (χ2n) is 12.5. The van der Waals surface area contributed by atoms with Crippen LogP contribution in [0, 0.1) is 6.92 Å². The van der Waals surface area contributed by atoms with Crippen LogP contribution in [0.15, 0.2) is 90.1 Å². The molecule has 1 aliphatic heterocycles. The van der Waals surface area contributed by atoms with Gasteiger partial charge in [-0.25, -0.2) is 4.79 Å². The minimum Gasteiger partial charge on any atom is -0.444 e. The van der Waals surface area contributed by atoms with Gasteiger partial charge in [0.1, 0.15) is 22.3 Å². The summed E-state index contributed by atoms with van der Waals surface area (Å²) in [6.45, 7) is 9.76. The molecule has 0 bridgehead atoms. The number of likely N-dealkylation sites (N-methyl/N-ethyl adjacent to an activating group) is 1. The average molecular weight is 645 g/mol. The predicted octanol–water partition coefficient (Wildman–Crippen LogP) is 5.44. The van der Waals surface area contributed by atoms with E-state index in [1.165, 1.54) is 22.7 Å². The Labute approximate surface area is 270 Å². The molecule has 46 heavy (non-hydrogen) atoms. The van der Waals surface area contributed by atoms with Crippen LogP contribution in [0.4, 0.5) is 10.5 Å². The zero-order valence-electron chi connectivity index (χ0n) is 26.8. The van der Waals surface area contributed by atoms with Gasteiger partial charge in [-0.05, 0) is 69.7 Å². The molecule has 0 radical (unpaired) electrons. The minimum atomic E-state index is -4.13. The monoisotopic (exact) mass is 644 g/mol. The van der Waals surface area contributed by atoms with Gasteiger partial charge in [-0.1, -0.05) is 42.0 Å². The quantitative estimate of drug-likeness (QED) is 0.234. The zero-order valence-corrected chi connectivity index (χ0v) is 27.7. The molecule has 2 amide bonds. The number of anilines is 1. The number of hydrogen-bond acceptors (Lipinski definition) is 8. The van der Waals surface area contributed by atoms with Crippen molar-refractivity contribution in [3.8, 4) is 5.75 Å². The molecule has 242 valence electrons. The number of carbonyl (C=O) groups excluding carboxylic acids is 2. The lowest BCUT2D eigenvalue weighted by molar-refractivity contribution is -0.136. The molecule has 0 spiro atoms. The van der Waals surface area contributed by atoms with E-state index in [-0.39, 0.29) is 23.0 Å². The van der Waals surface area contributed by atoms with E-state index in [1.807, 2.05) is 0 Å². The van der Waals surface area contributed by atoms with Crippen molar-refractivity contribution in [2.75, 3.05) is 38.1 Å². The van der Waals surface area contributed by atoms with Gasteiger partial charge >= 0.3 is 16.2 Å². The molecule has 1 saturated heterocycles. The predicted molar refractivity (Wildman–Crippen MR) is 177 cm³/mol. The number of benzene rings is 3. The molecule has 10 nitrogen and oxygen atoms in total. The van der Waals surface area contributed by atoms with Crippen LogP contribution in [-0.2, 0) is 26.1 Å². The van der Waals surface area contributed by atoms with Gasteiger partial charge in [0.05, 0.1) is 0 Å². The molecule has 1 atom stereocenters. The molecule has 0 N–H and O–H groups in total. The van der Waals surface area contributed by atoms with E-state index in [4.69, 9.17) is 8.92 Å². The first-order valence-corrected chi connectivity index (χ1v) is 16.6. The highest BCUT2D eigenvalue weighted by Gasteiger charge is 2.34. The van der Waals surface area contributed by atoms with E-state index < -0.39 is 27.9 Å². The van der Waals surface area contributed by atoms with Gasteiger partial charge in [-0.3, -0.25) is 14.7 Å². The maximum Gasteiger partial charge on any atom is 0.410 e. The normalized spacial score (nSPS) is 14.5. The molecule has 2 heterocycles. The highest BCUT2D eigenvalue weighted by Crippen LogP contribution is 2.27. The fraction of sp³-hybridized carbons (Fsp3) is 0.343. The second kappa shape index (κ2) is 13.4. The van der Waals surface area contributed by atoms with Crippen LogP contribution in [-0.4, -0.2) is 80.1 Å². The third-order valence-corrected chi connectivity index (χ3v) is 9.20. The lowest BCUT2D eigenvalue weighted by Gasteiger charge is -2.39. The summed E-state index contributed by atoms with van der Waals surface area (Å²) in [6, 6.07) is 20.6. The number of piperazine rings is 1. The molecule has 1 aromatic heterocycles. The molecule has 5 rings (SSSR count). The number of fused-ring (bicyclic) bond motifs is 1. The molecule has 1 aliphatic rings. The molecule has 4 aromatic rings. The van der Waals surface area contributed by atoms with Crippen molar-refractivity contribution in [3.05, 3.63) is 96.3 Å². The standard InChI is InChI=1S/C35H40N4O6S/c1-25-9-13-28(14-10-25)38-19-21-39(22-20-38)33(40)31(37(5)34(41)44-35(2,3)4)23-26-11-15-29(16-12-26)45-46(42,43)32-8-6-7-27-24-36-18-17-30(27)32/h6-18,24,31H,19-23H2,1-5H3/t31-/m0/s1. The maximum absolute atomic E-state index is 14.0. The van der Waals surface area contributed by atoms with Crippen LogP contribution in [0.3, 0.4) is 0 Å². The summed E-state index contributed by atoms with van der Waals surface area (Å²) in [6.07, 6.45) is 2.74. The largest absolute Gasteiger partial charge is 0.444 e. The van der Waals surface area contributed by atoms with Gasteiger partial charge in [0.15, 0.2) is 0 Å². The van der Waals surface area contributed by atoms with Crippen LogP contribution in [0.1, 0.15) is 31.9 Å². The summed E-state index contributed by atoms with van der Waals surface area (Å²) >= 11 is 0. The Hall–Kier alpha value is -4.64. The summed E-state index contributed by atoms with van der Waals surface area (Å²) in [5.41, 5.74) is 2.30. The molecule has 1 fully saturated rings. The SMILES string of the molecule is Cc1ccc(N2CCN(C(=O)[C@H](Cc3ccc(OS(=O)(=O)c4cccc5cnccc45)cc3)N(C)C(=O)OC(C)(C)C)CC2)cc1. The number of hydrogen-bond donors (Lipinski definition) is 0. The minimum absolute atomic E-state index is 0.0450. The van der Waals surface area contributed by atoms with Gasteiger partial charge in [-0.15, -0.1) is 0 Å². The van der Waals surface area contributed by atoms with E-state index >= 15 is 0 Å². The molecule has 0 saturated carbocycles. The molecule has 0 aliphatic carbocycles. The smallest absolute Gasteiger partial charge is 0.410 e. The van der Waals surface area contributed by atoms with Gasteiger partial charge in [0, 0.05) is 68.5 Å². The van der Waals surface area contributed by atoms with Crippen molar-refractivity contribution < 1.29 is 26.9 Å². The third kappa shape index (κ3) is 7.77. The van der Waals surface area contributed by atoms with Crippen LogP contribution < -0.4 is 9.08 Å². The Morgan fingerprint density at radius 3 is 2.26 bits per heavy atom. The van der Waals surface area contributed by atoms with Crippen molar-refractivity contribution in [1.29, 1.82) is 0 Å². The summed E-state index contributed by atoms with van der Waals surface area (Å²) in [7, 11) is -2.56. The van der Waals surface area contributed by atoms with Crippen LogP contribution >= 0.6 is 0 Å². The number of nitrogens with zero attached hydrogens (tertiary/aromatic N) is 4. The van der Waals surface area contributed by atoms with Gasteiger partial charge in [0.25, 0.3) is 0 Å². The molecule has 11 heteroatoms. The van der Waals surface area contributed by atoms with E-state index in [1.54, 1.807) is 81.4 Å². The summed E-state index contributed by atoms with van der Waals surface area (Å²) < 4.78 is 37.5. The number of pyridine rings is 1. The van der Waals surface area contributed by atoms with E-state index in [9.17, 15) is 18.0 Å². The molecular formula is C35H40N4O6S. The fourth-order valence-electron chi connectivity index (χ4n) is 5.39. The van der Waals surface area contributed by atoms with Crippen molar-refractivity contribution in [2.45, 2.75) is 50.7 Å². The van der Waals surface area contributed by atoms with Crippen molar-refractivity contribution >= 4 is 38.6 Å². The molecule has 3 aromatic carbocycles.